The first-order valence-electron chi connectivity index (χ1n) is 9.97. The van der Waals surface area contributed by atoms with E-state index >= 15 is 0 Å². The van der Waals surface area contributed by atoms with Crippen LogP contribution in [0.25, 0.3) is 0 Å². The van der Waals surface area contributed by atoms with Crippen LogP contribution in [-0.4, -0.2) is 22.5 Å². The zero-order chi connectivity index (χ0) is 16.6. The molecule has 0 saturated carbocycles. The lowest BCUT2D eigenvalue weighted by molar-refractivity contribution is -0.0447. The smallest absolute Gasteiger partial charge is 0.0189 e. The average Bonchev–Trinajstić information content (AvgIpc) is 2.44. The third kappa shape index (κ3) is 5.55. The van der Waals surface area contributed by atoms with Gasteiger partial charge in [0.2, 0.25) is 0 Å². The number of rotatable bonds is 10. The zero-order valence-electron chi connectivity index (χ0n) is 16.4. The van der Waals surface area contributed by atoms with Crippen molar-refractivity contribution in [3.8, 4) is 0 Å². The van der Waals surface area contributed by atoms with E-state index in [-0.39, 0.29) is 0 Å². The standard InChI is InChI=1S/C21H42N/c1-7-9-11-13-15-19-16-17-20(3,4)22(21(19,5)6)18-14-12-10-8-2/h16,19H,7-15,17-18H2,1-6H3. The average molecular weight is 309 g/mol. The Kier molecular flexibility index (Phi) is 8.46. The van der Waals surface area contributed by atoms with Crippen LogP contribution in [-0.2, 0) is 0 Å². The van der Waals surface area contributed by atoms with Crippen molar-refractivity contribution in [3.05, 3.63) is 6.42 Å². The van der Waals surface area contributed by atoms with Crippen molar-refractivity contribution in [2.24, 2.45) is 5.92 Å². The van der Waals surface area contributed by atoms with Gasteiger partial charge in [0.25, 0.3) is 0 Å². The van der Waals surface area contributed by atoms with Crippen LogP contribution in [0.5, 0.6) is 0 Å². The molecule has 1 heterocycles. The van der Waals surface area contributed by atoms with Gasteiger partial charge in [-0.2, -0.15) is 0 Å². The number of hydrogen-bond donors (Lipinski definition) is 0. The van der Waals surface area contributed by atoms with Gasteiger partial charge in [0.1, 0.15) is 0 Å². The van der Waals surface area contributed by atoms with E-state index in [4.69, 9.17) is 0 Å². The number of piperidine rings is 1. The lowest BCUT2D eigenvalue weighted by atomic mass is 9.70. The molecule has 0 amide bonds. The summed E-state index contributed by atoms with van der Waals surface area (Å²) in [5.41, 5.74) is 0.649. The Bertz CT molecular complexity index is 292. The van der Waals surface area contributed by atoms with Crippen molar-refractivity contribution in [3.63, 3.8) is 0 Å². The predicted molar refractivity (Wildman–Crippen MR) is 100 cm³/mol. The molecule has 0 spiro atoms. The molecule has 1 nitrogen and oxygen atoms in total. The summed E-state index contributed by atoms with van der Waals surface area (Å²) in [6.07, 6.45) is 16.3. The third-order valence-corrected chi connectivity index (χ3v) is 5.84. The number of unbranched alkanes of at least 4 members (excludes halogenated alkanes) is 6. The normalized spacial score (nSPS) is 24.5. The molecular weight excluding hydrogens is 266 g/mol. The van der Waals surface area contributed by atoms with Gasteiger partial charge < -0.3 is 0 Å². The Hall–Kier alpha value is -0.0400. The number of hydrogen-bond acceptors (Lipinski definition) is 1. The van der Waals surface area contributed by atoms with Crippen molar-refractivity contribution in [1.82, 2.24) is 4.90 Å². The fraction of sp³-hybridized carbons (Fsp3) is 0.952. The lowest BCUT2D eigenvalue weighted by Gasteiger charge is -2.57. The van der Waals surface area contributed by atoms with E-state index in [2.05, 4.69) is 52.9 Å². The van der Waals surface area contributed by atoms with E-state index in [1.165, 1.54) is 70.8 Å². The molecule has 1 unspecified atom stereocenters. The van der Waals surface area contributed by atoms with Gasteiger partial charge in [-0.3, -0.25) is 4.90 Å². The van der Waals surface area contributed by atoms with Gasteiger partial charge in [0, 0.05) is 11.1 Å². The maximum Gasteiger partial charge on any atom is 0.0189 e. The van der Waals surface area contributed by atoms with Gasteiger partial charge in [-0.25, -0.2) is 0 Å². The molecule has 0 bridgehead atoms. The van der Waals surface area contributed by atoms with Gasteiger partial charge in [-0.1, -0.05) is 58.8 Å². The van der Waals surface area contributed by atoms with Crippen LogP contribution in [0.2, 0.25) is 0 Å². The van der Waals surface area contributed by atoms with Crippen LogP contribution in [0, 0.1) is 12.3 Å². The largest absolute Gasteiger partial charge is 0.293 e. The lowest BCUT2D eigenvalue weighted by Crippen LogP contribution is -2.62. The molecule has 1 saturated heterocycles. The van der Waals surface area contributed by atoms with Crippen LogP contribution in [0.15, 0.2) is 0 Å². The summed E-state index contributed by atoms with van der Waals surface area (Å²) in [6.45, 7) is 15.8. The molecule has 1 fully saturated rings. The van der Waals surface area contributed by atoms with Gasteiger partial charge in [-0.15, -0.1) is 0 Å². The summed E-state index contributed by atoms with van der Waals surface area (Å²) in [6, 6.07) is 0. The summed E-state index contributed by atoms with van der Waals surface area (Å²) in [5, 5.41) is 0. The summed E-state index contributed by atoms with van der Waals surface area (Å²) < 4.78 is 0. The zero-order valence-corrected chi connectivity index (χ0v) is 16.4. The summed E-state index contributed by atoms with van der Waals surface area (Å²) >= 11 is 0. The molecular formula is C21H42N. The topological polar surface area (TPSA) is 3.24 Å². The van der Waals surface area contributed by atoms with E-state index < -0.39 is 0 Å². The van der Waals surface area contributed by atoms with Crippen LogP contribution < -0.4 is 0 Å². The van der Waals surface area contributed by atoms with Gasteiger partial charge in [0.15, 0.2) is 0 Å². The van der Waals surface area contributed by atoms with Crippen molar-refractivity contribution in [2.75, 3.05) is 6.54 Å². The highest BCUT2D eigenvalue weighted by Crippen LogP contribution is 2.43. The first-order chi connectivity index (χ1) is 10.4. The fourth-order valence-corrected chi connectivity index (χ4v) is 4.36. The van der Waals surface area contributed by atoms with Gasteiger partial charge in [-0.05, 0) is 65.8 Å². The first kappa shape index (κ1) is 20.0. The minimum Gasteiger partial charge on any atom is -0.293 e. The Morgan fingerprint density at radius 3 is 2.05 bits per heavy atom. The minimum absolute atomic E-state index is 0.320. The van der Waals surface area contributed by atoms with Crippen LogP contribution in [0.3, 0.4) is 0 Å². The van der Waals surface area contributed by atoms with E-state index in [9.17, 15) is 0 Å². The summed E-state index contributed by atoms with van der Waals surface area (Å²) in [5.74, 6) is 0.767. The molecule has 1 aliphatic rings. The fourth-order valence-electron chi connectivity index (χ4n) is 4.36. The van der Waals surface area contributed by atoms with E-state index in [0.717, 1.165) is 5.92 Å². The molecule has 0 aromatic heterocycles. The van der Waals surface area contributed by atoms with E-state index in [1.54, 1.807) is 0 Å². The quantitative estimate of drug-likeness (QED) is 0.410. The Morgan fingerprint density at radius 2 is 1.45 bits per heavy atom. The molecule has 1 atom stereocenters. The Labute approximate surface area is 141 Å². The second-order valence-electron chi connectivity index (χ2n) is 8.57. The molecule has 1 rings (SSSR count). The van der Waals surface area contributed by atoms with Crippen LogP contribution in [0.1, 0.15) is 106 Å². The van der Waals surface area contributed by atoms with E-state index in [1.807, 2.05) is 0 Å². The first-order valence-corrected chi connectivity index (χ1v) is 9.97. The molecule has 131 valence electrons. The van der Waals surface area contributed by atoms with E-state index in [0.29, 0.717) is 11.1 Å². The minimum atomic E-state index is 0.320. The molecule has 1 aliphatic heterocycles. The molecule has 0 aromatic rings. The van der Waals surface area contributed by atoms with Gasteiger partial charge >= 0.3 is 0 Å². The highest BCUT2D eigenvalue weighted by Gasteiger charge is 2.46. The van der Waals surface area contributed by atoms with Gasteiger partial charge in [0.05, 0.1) is 0 Å². The highest BCUT2D eigenvalue weighted by atomic mass is 15.3. The second kappa shape index (κ2) is 9.30. The number of nitrogens with zero attached hydrogens (tertiary/aromatic N) is 1. The molecule has 0 aliphatic carbocycles. The predicted octanol–water partition coefficient (Wildman–Crippen LogP) is 6.62. The van der Waals surface area contributed by atoms with Crippen molar-refractivity contribution >= 4 is 0 Å². The van der Waals surface area contributed by atoms with Crippen molar-refractivity contribution in [2.45, 2.75) is 117 Å². The van der Waals surface area contributed by atoms with Crippen LogP contribution >= 0.6 is 0 Å². The molecule has 22 heavy (non-hydrogen) atoms. The molecule has 0 aromatic carbocycles. The number of likely N-dealkylation sites (tertiary alicyclic amines) is 1. The van der Waals surface area contributed by atoms with Crippen molar-refractivity contribution < 1.29 is 0 Å². The SMILES string of the molecule is CCCCCCC1[CH]CC(C)(C)N(CCCCCC)C1(C)C. The maximum atomic E-state index is 2.83. The summed E-state index contributed by atoms with van der Waals surface area (Å²) in [7, 11) is 0. The van der Waals surface area contributed by atoms with Crippen LogP contribution in [0.4, 0.5) is 0 Å². The second-order valence-corrected chi connectivity index (χ2v) is 8.57. The molecule has 1 radical (unpaired) electrons. The van der Waals surface area contributed by atoms with Crippen molar-refractivity contribution in [1.29, 1.82) is 0 Å². The third-order valence-electron chi connectivity index (χ3n) is 5.84. The monoisotopic (exact) mass is 308 g/mol. The molecule has 1 heteroatoms. The molecule has 0 N–H and O–H groups in total. The maximum absolute atomic E-state index is 2.83. The summed E-state index contributed by atoms with van der Waals surface area (Å²) in [4.78, 5) is 2.83. The highest BCUT2D eigenvalue weighted by molar-refractivity contribution is 5.07. The Morgan fingerprint density at radius 1 is 0.864 bits per heavy atom. The Balaban J connectivity index is 2.60.